The van der Waals surface area contributed by atoms with Gasteiger partial charge in [0.2, 0.25) is 0 Å². The number of aromatic hydroxyl groups is 1. The lowest BCUT2D eigenvalue weighted by Crippen LogP contribution is -2.41. The van der Waals surface area contributed by atoms with Crippen molar-refractivity contribution in [1.82, 2.24) is 4.90 Å². The van der Waals surface area contributed by atoms with Crippen molar-refractivity contribution < 1.29 is 14.6 Å². The second kappa shape index (κ2) is 8.74. The molecular weight excluding hydrogens is 364 g/mol. The smallest absolute Gasteiger partial charge is 0.122 e. The largest absolute Gasteiger partial charge is 0.507 e. The zero-order chi connectivity index (χ0) is 20.4. The van der Waals surface area contributed by atoms with Crippen LogP contribution in [-0.2, 0) is 17.7 Å². The van der Waals surface area contributed by atoms with Crippen molar-refractivity contribution >= 4 is 0 Å². The minimum absolute atomic E-state index is 0.120. The molecule has 1 saturated heterocycles. The fourth-order valence-electron chi connectivity index (χ4n) is 4.79. The van der Waals surface area contributed by atoms with Gasteiger partial charge in [-0.25, -0.2) is 0 Å². The van der Waals surface area contributed by atoms with Crippen LogP contribution in [0.2, 0.25) is 0 Å². The molecule has 3 N–H and O–H groups in total. The molecule has 2 atom stereocenters. The number of likely N-dealkylation sites (tertiary alicyclic amines) is 1. The summed E-state index contributed by atoms with van der Waals surface area (Å²) < 4.78 is 11.8. The van der Waals surface area contributed by atoms with Crippen LogP contribution in [0.4, 0.5) is 0 Å². The van der Waals surface area contributed by atoms with Crippen molar-refractivity contribution in [1.29, 1.82) is 0 Å². The van der Waals surface area contributed by atoms with Gasteiger partial charge in [-0.05, 0) is 67.6 Å². The molecule has 0 radical (unpaired) electrons. The average molecular weight is 397 g/mol. The van der Waals surface area contributed by atoms with Crippen molar-refractivity contribution in [2.45, 2.75) is 44.9 Å². The maximum absolute atomic E-state index is 10.6. The first kappa shape index (κ1) is 20.2. The van der Waals surface area contributed by atoms with Gasteiger partial charge in [-0.3, -0.25) is 4.90 Å². The van der Waals surface area contributed by atoms with Gasteiger partial charge < -0.3 is 20.3 Å². The highest BCUT2D eigenvalue weighted by Crippen LogP contribution is 2.40. The molecule has 5 heteroatoms. The number of ether oxygens (including phenoxy) is 2. The predicted octanol–water partition coefficient (Wildman–Crippen LogP) is 3.56. The maximum atomic E-state index is 10.6. The molecular formula is C24H32N2O3. The molecule has 156 valence electrons. The Morgan fingerprint density at radius 1 is 1.21 bits per heavy atom. The Morgan fingerprint density at radius 2 is 2.00 bits per heavy atom. The summed E-state index contributed by atoms with van der Waals surface area (Å²) in [6, 6.07) is 12.3. The summed E-state index contributed by atoms with van der Waals surface area (Å²) in [6.07, 6.45) is 2.99. The second-order valence-electron chi connectivity index (χ2n) is 8.37. The Morgan fingerprint density at radius 3 is 2.72 bits per heavy atom. The highest BCUT2D eigenvalue weighted by molar-refractivity contribution is 5.47. The van der Waals surface area contributed by atoms with Crippen LogP contribution >= 0.6 is 0 Å². The lowest BCUT2D eigenvalue weighted by atomic mass is 9.83. The summed E-state index contributed by atoms with van der Waals surface area (Å²) in [4.78, 5) is 2.50. The Balaban J connectivity index is 1.40. The molecule has 0 amide bonds. The summed E-state index contributed by atoms with van der Waals surface area (Å²) in [6.45, 7) is 5.46. The molecule has 1 fully saturated rings. The SMILES string of the molecule is COc1cccc(CN2CCC([C@@H]3Cc4c(ccc(C)c4O)[C@H](CN)O3)CC2)c1. The van der Waals surface area contributed by atoms with Crippen LogP contribution < -0.4 is 10.5 Å². The molecule has 2 heterocycles. The minimum Gasteiger partial charge on any atom is -0.507 e. The van der Waals surface area contributed by atoms with Gasteiger partial charge in [0.05, 0.1) is 19.3 Å². The van der Waals surface area contributed by atoms with Crippen LogP contribution in [0.3, 0.4) is 0 Å². The quantitative estimate of drug-likeness (QED) is 0.809. The number of phenols is 1. The molecule has 2 aromatic carbocycles. The lowest BCUT2D eigenvalue weighted by Gasteiger charge is -2.40. The third-order valence-electron chi connectivity index (χ3n) is 6.52. The van der Waals surface area contributed by atoms with Gasteiger partial charge in [0.15, 0.2) is 0 Å². The number of hydrogen-bond donors (Lipinski definition) is 2. The zero-order valence-corrected chi connectivity index (χ0v) is 17.4. The van der Waals surface area contributed by atoms with E-state index in [1.165, 1.54) is 5.56 Å². The minimum atomic E-state index is -0.120. The lowest BCUT2D eigenvalue weighted by molar-refractivity contribution is -0.0651. The van der Waals surface area contributed by atoms with E-state index in [0.29, 0.717) is 18.2 Å². The van der Waals surface area contributed by atoms with Gasteiger partial charge in [0, 0.05) is 25.1 Å². The standard InChI is InChI=1S/C24H32N2O3/c1-16-6-7-20-21(24(16)27)13-22(29-23(20)14-25)18-8-10-26(11-9-18)15-17-4-3-5-19(12-17)28-2/h3-7,12,18,22-23,27H,8-11,13-15,25H2,1-2H3/t22-,23-/m0/s1. The number of nitrogens with zero attached hydrogens (tertiary/aromatic N) is 1. The fourth-order valence-corrected chi connectivity index (χ4v) is 4.79. The van der Waals surface area contributed by atoms with Crippen molar-refractivity contribution in [2.75, 3.05) is 26.7 Å². The number of phenolic OH excluding ortho intramolecular Hbond substituents is 1. The predicted molar refractivity (Wildman–Crippen MR) is 114 cm³/mol. The number of fused-ring (bicyclic) bond motifs is 1. The van der Waals surface area contributed by atoms with Crippen LogP contribution in [-0.4, -0.2) is 42.9 Å². The van der Waals surface area contributed by atoms with E-state index in [2.05, 4.69) is 29.2 Å². The van der Waals surface area contributed by atoms with E-state index in [0.717, 1.165) is 61.3 Å². The molecule has 5 nitrogen and oxygen atoms in total. The highest BCUT2D eigenvalue weighted by atomic mass is 16.5. The Bertz CT molecular complexity index is 846. The van der Waals surface area contributed by atoms with Crippen LogP contribution in [0.5, 0.6) is 11.5 Å². The number of piperidine rings is 1. The number of rotatable bonds is 5. The molecule has 0 aromatic heterocycles. The van der Waals surface area contributed by atoms with E-state index in [1.54, 1.807) is 7.11 Å². The van der Waals surface area contributed by atoms with Crippen molar-refractivity contribution in [3.8, 4) is 11.5 Å². The van der Waals surface area contributed by atoms with Crippen molar-refractivity contribution in [3.05, 3.63) is 58.7 Å². The number of nitrogens with two attached hydrogens (primary N) is 1. The first-order valence-corrected chi connectivity index (χ1v) is 10.6. The summed E-state index contributed by atoms with van der Waals surface area (Å²) in [7, 11) is 1.71. The third-order valence-corrected chi connectivity index (χ3v) is 6.52. The van der Waals surface area contributed by atoms with Crippen LogP contribution in [0.15, 0.2) is 36.4 Å². The molecule has 0 aliphatic carbocycles. The molecule has 2 aliphatic heterocycles. The molecule has 2 aliphatic rings. The van der Waals surface area contributed by atoms with E-state index in [9.17, 15) is 5.11 Å². The third kappa shape index (κ3) is 4.27. The van der Waals surface area contributed by atoms with Crippen molar-refractivity contribution in [2.24, 2.45) is 11.7 Å². The van der Waals surface area contributed by atoms with E-state index in [1.807, 2.05) is 19.1 Å². The highest BCUT2D eigenvalue weighted by Gasteiger charge is 2.35. The summed E-state index contributed by atoms with van der Waals surface area (Å²) >= 11 is 0. The van der Waals surface area contributed by atoms with Crippen LogP contribution in [0.1, 0.15) is 41.2 Å². The van der Waals surface area contributed by atoms with Gasteiger partial charge in [-0.2, -0.15) is 0 Å². The van der Waals surface area contributed by atoms with Crippen LogP contribution in [0, 0.1) is 12.8 Å². The zero-order valence-electron chi connectivity index (χ0n) is 17.4. The molecule has 0 spiro atoms. The maximum Gasteiger partial charge on any atom is 0.122 e. The van der Waals surface area contributed by atoms with Gasteiger partial charge in [0.25, 0.3) is 0 Å². The molecule has 29 heavy (non-hydrogen) atoms. The van der Waals surface area contributed by atoms with E-state index in [4.69, 9.17) is 15.2 Å². The van der Waals surface area contributed by atoms with E-state index < -0.39 is 0 Å². The van der Waals surface area contributed by atoms with Gasteiger partial charge in [0.1, 0.15) is 11.5 Å². The number of hydrogen-bond acceptors (Lipinski definition) is 5. The summed E-state index contributed by atoms with van der Waals surface area (Å²) in [5.74, 6) is 1.83. The van der Waals surface area contributed by atoms with Gasteiger partial charge in [-0.1, -0.05) is 24.3 Å². The first-order chi connectivity index (χ1) is 14.1. The molecule has 0 bridgehead atoms. The Hall–Kier alpha value is -2.08. The number of aryl methyl sites for hydroxylation is 1. The van der Waals surface area contributed by atoms with E-state index in [-0.39, 0.29) is 12.2 Å². The second-order valence-corrected chi connectivity index (χ2v) is 8.37. The Kier molecular flexibility index (Phi) is 6.09. The number of methoxy groups -OCH3 is 1. The summed E-state index contributed by atoms with van der Waals surface area (Å²) in [5, 5.41) is 10.6. The van der Waals surface area contributed by atoms with Gasteiger partial charge >= 0.3 is 0 Å². The topological polar surface area (TPSA) is 68.0 Å². The number of benzene rings is 2. The fraction of sp³-hybridized carbons (Fsp3) is 0.500. The molecule has 2 aromatic rings. The molecule has 0 unspecified atom stereocenters. The van der Waals surface area contributed by atoms with Crippen molar-refractivity contribution in [3.63, 3.8) is 0 Å². The Labute approximate surface area is 173 Å². The molecule has 0 saturated carbocycles. The average Bonchev–Trinajstić information content (AvgIpc) is 2.76. The molecule has 4 rings (SSSR count). The van der Waals surface area contributed by atoms with Gasteiger partial charge in [-0.15, -0.1) is 0 Å². The normalized spacial score (nSPS) is 23.0. The van der Waals surface area contributed by atoms with E-state index >= 15 is 0 Å². The first-order valence-electron chi connectivity index (χ1n) is 10.6. The monoisotopic (exact) mass is 396 g/mol. The van der Waals surface area contributed by atoms with Crippen LogP contribution in [0.25, 0.3) is 0 Å². The summed E-state index contributed by atoms with van der Waals surface area (Å²) in [5.41, 5.74) is 10.3.